The van der Waals surface area contributed by atoms with Gasteiger partial charge in [-0.1, -0.05) is 0 Å². The minimum absolute atomic E-state index is 0.201. The molecule has 1 fully saturated rings. The summed E-state index contributed by atoms with van der Waals surface area (Å²) in [5.41, 5.74) is 0.876. The van der Waals surface area contributed by atoms with Crippen molar-refractivity contribution in [2.45, 2.75) is 18.9 Å². The van der Waals surface area contributed by atoms with Gasteiger partial charge in [0, 0.05) is 45.1 Å². The summed E-state index contributed by atoms with van der Waals surface area (Å²) in [6.07, 6.45) is 2.41. The smallest absolute Gasteiger partial charge is 0.270 e. The second kappa shape index (κ2) is 6.67. The summed E-state index contributed by atoms with van der Waals surface area (Å²) in [5, 5.41) is 6.02. The Bertz CT molecular complexity index is 459. The Labute approximate surface area is 118 Å². The van der Waals surface area contributed by atoms with Gasteiger partial charge in [-0.3, -0.25) is 9.78 Å². The predicted molar refractivity (Wildman–Crippen MR) is 75.9 cm³/mol. The number of aromatic nitrogens is 1. The van der Waals surface area contributed by atoms with Crippen LogP contribution in [-0.2, 0) is 9.47 Å². The van der Waals surface area contributed by atoms with E-state index in [0.717, 1.165) is 18.7 Å². The van der Waals surface area contributed by atoms with Crippen molar-refractivity contribution in [2.75, 3.05) is 38.7 Å². The van der Waals surface area contributed by atoms with E-state index in [9.17, 15) is 4.79 Å². The van der Waals surface area contributed by atoms with Gasteiger partial charge < -0.3 is 20.1 Å². The van der Waals surface area contributed by atoms with E-state index in [4.69, 9.17) is 9.47 Å². The number of hydrogen-bond acceptors (Lipinski definition) is 5. The van der Waals surface area contributed by atoms with Crippen LogP contribution in [0, 0.1) is 0 Å². The van der Waals surface area contributed by atoms with Gasteiger partial charge in [-0.2, -0.15) is 0 Å². The van der Waals surface area contributed by atoms with Crippen LogP contribution < -0.4 is 10.6 Å². The molecule has 0 saturated carbocycles. The van der Waals surface area contributed by atoms with Gasteiger partial charge in [0.1, 0.15) is 11.3 Å². The first kappa shape index (κ1) is 14.7. The number of methoxy groups -OCH3 is 1. The van der Waals surface area contributed by atoms with Crippen LogP contribution in [0.5, 0.6) is 0 Å². The molecule has 0 aromatic carbocycles. The van der Waals surface area contributed by atoms with Gasteiger partial charge in [0.25, 0.3) is 5.91 Å². The zero-order valence-corrected chi connectivity index (χ0v) is 11.9. The first-order valence-electron chi connectivity index (χ1n) is 6.80. The number of pyridine rings is 1. The van der Waals surface area contributed by atoms with Crippen LogP contribution in [0.25, 0.3) is 0 Å². The molecule has 2 heterocycles. The molecule has 20 heavy (non-hydrogen) atoms. The van der Waals surface area contributed by atoms with E-state index < -0.39 is 5.60 Å². The van der Waals surface area contributed by atoms with Gasteiger partial charge in [-0.15, -0.1) is 0 Å². The Morgan fingerprint density at radius 1 is 1.60 bits per heavy atom. The number of amides is 1. The molecule has 1 unspecified atom stereocenters. The summed E-state index contributed by atoms with van der Waals surface area (Å²) >= 11 is 0. The van der Waals surface area contributed by atoms with Crippen molar-refractivity contribution >= 4 is 11.6 Å². The number of ether oxygens (including phenoxy) is 2. The highest BCUT2D eigenvalue weighted by molar-refractivity contribution is 5.93. The SMILES string of the molecule is CCNc1ccnc(C(=O)NCC2(OC)CCOC2)c1. The van der Waals surface area contributed by atoms with Gasteiger partial charge in [0.05, 0.1) is 6.61 Å². The van der Waals surface area contributed by atoms with Gasteiger partial charge >= 0.3 is 0 Å². The highest BCUT2D eigenvalue weighted by Gasteiger charge is 2.35. The lowest BCUT2D eigenvalue weighted by atomic mass is 10.0. The minimum atomic E-state index is -0.408. The van der Waals surface area contributed by atoms with E-state index in [1.165, 1.54) is 0 Å². The standard InChI is InChI=1S/C14H21N3O3/c1-3-15-11-4-6-16-12(8-11)13(18)17-9-14(19-2)5-7-20-10-14/h4,6,8H,3,5,7,9-10H2,1-2H3,(H,15,16)(H,17,18). The van der Waals surface area contributed by atoms with Crippen LogP contribution in [0.1, 0.15) is 23.8 Å². The summed E-state index contributed by atoms with van der Waals surface area (Å²) in [7, 11) is 1.64. The van der Waals surface area contributed by atoms with Crippen LogP contribution in [0.2, 0.25) is 0 Å². The molecular formula is C14H21N3O3. The van der Waals surface area contributed by atoms with Crippen molar-refractivity contribution in [3.8, 4) is 0 Å². The highest BCUT2D eigenvalue weighted by Crippen LogP contribution is 2.21. The van der Waals surface area contributed by atoms with Gasteiger partial charge in [0.15, 0.2) is 0 Å². The first-order chi connectivity index (χ1) is 9.69. The highest BCUT2D eigenvalue weighted by atomic mass is 16.5. The van der Waals surface area contributed by atoms with Crippen molar-refractivity contribution in [3.05, 3.63) is 24.0 Å². The van der Waals surface area contributed by atoms with Crippen LogP contribution in [-0.4, -0.2) is 49.9 Å². The summed E-state index contributed by atoms with van der Waals surface area (Å²) in [6, 6.07) is 3.57. The second-order valence-corrected chi connectivity index (χ2v) is 4.83. The van der Waals surface area contributed by atoms with Crippen LogP contribution in [0.15, 0.2) is 18.3 Å². The van der Waals surface area contributed by atoms with Crippen molar-refractivity contribution in [1.29, 1.82) is 0 Å². The Morgan fingerprint density at radius 3 is 3.10 bits per heavy atom. The maximum atomic E-state index is 12.1. The fraction of sp³-hybridized carbons (Fsp3) is 0.571. The Kier molecular flexibility index (Phi) is 4.92. The number of carbonyl (C=O) groups is 1. The molecule has 0 bridgehead atoms. The lowest BCUT2D eigenvalue weighted by molar-refractivity contribution is -0.0149. The number of nitrogens with zero attached hydrogens (tertiary/aromatic N) is 1. The topological polar surface area (TPSA) is 72.5 Å². The third-order valence-corrected chi connectivity index (χ3v) is 3.44. The van der Waals surface area contributed by atoms with Crippen molar-refractivity contribution in [1.82, 2.24) is 10.3 Å². The molecule has 2 N–H and O–H groups in total. The van der Waals surface area contributed by atoms with E-state index in [-0.39, 0.29) is 5.91 Å². The molecule has 1 aliphatic rings. The first-order valence-corrected chi connectivity index (χ1v) is 6.80. The number of anilines is 1. The number of carbonyl (C=O) groups excluding carboxylic acids is 1. The molecule has 2 rings (SSSR count). The normalized spacial score (nSPS) is 21.7. The summed E-state index contributed by atoms with van der Waals surface area (Å²) in [4.78, 5) is 16.2. The molecule has 1 saturated heterocycles. The molecule has 1 amide bonds. The van der Waals surface area contributed by atoms with Gasteiger partial charge in [0.2, 0.25) is 0 Å². The largest absolute Gasteiger partial charge is 0.385 e. The molecular weight excluding hydrogens is 258 g/mol. The summed E-state index contributed by atoms with van der Waals surface area (Å²) in [6.45, 7) is 4.40. The minimum Gasteiger partial charge on any atom is -0.385 e. The molecule has 110 valence electrons. The van der Waals surface area contributed by atoms with E-state index in [1.807, 2.05) is 13.0 Å². The van der Waals surface area contributed by atoms with Gasteiger partial charge in [-0.25, -0.2) is 0 Å². The van der Waals surface area contributed by atoms with Crippen LogP contribution in [0.3, 0.4) is 0 Å². The van der Waals surface area contributed by atoms with E-state index in [0.29, 0.717) is 25.5 Å². The zero-order valence-electron chi connectivity index (χ0n) is 11.9. The van der Waals surface area contributed by atoms with Crippen molar-refractivity contribution < 1.29 is 14.3 Å². The maximum Gasteiger partial charge on any atom is 0.270 e. The number of rotatable bonds is 6. The Morgan fingerprint density at radius 2 is 2.45 bits per heavy atom. The fourth-order valence-corrected chi connectivity index (χ4v) is 2.16. The van der Waals surface area contributed by atoms with Gasteiger partial charge in [-0.05, 0) is 19.1 Å². The molecule has 6 nitrogen and oxygen atoms in total. The molecule has 1 aliphatic heterocycles. The molecule has 1 aromatic rings. The summed E-state index contributed by atoms with van der Waals surface area (Å²) in [5.74, 6) is -0.201. The third-order valence-electron chi connectivity index (χ3n) is 3.44. The van der Waals surface area contributed by atoms with E-state index >= 15 is 0 Å². The average molecular weight is 279 g/mol. The lowest BCUT2D eigenvalue weighted by Gasteiger charge is -2.25. The Hall–Kier alpha value is -1.66. The molecule has 0 spiro atoms. The molecule has 1 aromatic heterocycles. The molecule has 1 atom stereocenters. The third kappa shape index (κ3) is 3.46. The van der Waals surface area contributed by atoms with Crippen molar-refractivity contribution in [2.24, 2.45) is 0 Å². The Balaban J connectivity index is 1.96. The molecule has 0 aliphatic carbocycles. The lowest BCUT2D eigenvalue weighted by Crippen LogP contribution is -2.45. The second-order valence-electron chi connectivity index (χ2n) is 4.83. The van der Waals surface area contributed by atoms with Crippen molar-refractivity contribution in [3.63, 3.8) is 0 Å². The molecule has 6 heteroatoms. The monoisotopic (exact) mass is 279 g/mol. The molecule has 0 radical (unpaired) electrons. The van der Waals surface area contributed by atoms with Crippen LogP contribution in [0.4, 0.5) is 5.69 Å². The average Bonchev–Trinajstić information content (AvgIpc) is 2.95. The quantitative estimate of drug-likeness (QED) is 0.814. The van der Waals surface area contributed by atoms with E-state index in [2.05, 4.69) is 15.6 Å². The zero-order chi connectivity index (χ0) is 14.4. The maximum absolute atomic E-state index is 12.1. The van der Waals surface area contributed by atoms with Crippen LogP contribution >= 0.6 is 0 Å². The predicted octanol–water partition coefficient (Wildman–Crippen LogP) is 1.05. The number of nitrogens with one attached hydrogen (secondary N) is 2. The number of hydrogen-bond donors (Lipinski definition) is 2. The van der Waals surface area contributed by atoms with E-state index in [1.54, 1.807) is 19.4 Å². The fourth-order valence-electron chi connectivity index (χ4n) is 2.16. The summed E-state index contributed by atoms with van der Waals surface area (Å²) < 4.78 is 10.8.